The van der Waals surface area contributed by atoms with E-state index in [2.05, 4.69) is 38.1 Å². The summed E-state index contributed by atoms with van der Waals surface area (Å²) in [4.78, 5) is 9.31. The van der Waals surface area contributed by atoms with Gasteiger partial charge >= 0.3 is 0 Å². The Labute approximate surface area is 145 Å². The van der Waals surface area contributed by atoms with Gasteiger partial charge < -0.3 is 9.88 Å². The first-order valence-corrected chi connectivity index (χ1v) is 8.83. The lowest BCUT2D eigenvalue weighted by molar-refractivity contribution is 0.522. The van der Waals surface area contributed by atoms with Gasteiger partial charge in [-0.3, -0.25) is 5.10 Å². The van der Waals surface area contributed by atoms with Crippen LogP contribution >= 0.6 is 0 Å². The summed E-state index contributed by atoms with van der Waals surface area (Å²) < 4.78 is 2.40. The van der Waals surface area contributed by atoms with Crippen LogP contribution in [0.4, 0.5) is 11.6 Å². The Kier molecular flexibility index (Phi) is 3.23. The van der Waals surface area contributed by atoms with Gasteiger partial charge in [-0.05, 0) is 44.0 Å². The number of benzene rings is 1. The van der Waals surface area contributed by atoms with Gasteiger partial charge in [0, 0.05) is 34.4 Å². The highest BCUT2D eigenvalue weighted by molar-refractivity contribution is 5.83. The normalized spacial score (nSPS) is 15.4. The maximum atomic E-state index is 4.82. The molecule has 6 nitrogen and oxygen atoms in total. The number of fused-ring (bicyclic) bond motifs is 2. The van der Waals surface area contributed by atoms with E-state index in [1.807, 2.05) is 30.6 Å². The van der Waals surface area contributed by atoms with Gasteiger partial charge in [0.2, 0.25) is 5.95 Å². The van der Waals surface area contributed by atoms with Crippen molar-refractivity contribution in [2.45, 2.75) is 38.6 Å². The number of rotatable bonds is 3. The number of hydrogen-bond donors (Lipinski definition) is 2. The largest absolute Gasteiger partial charge is 0.327 e. The van der Waals surface area contributed by atoms with E-state index in [1.54, 1.807) is 0 Å². The monoisotopic (exact) mass is 332 g/mol. The van der Waals surface area contributed by atoms with Crippen LogP contribution in [0.15, 0.2) is 36.7 Å². The maximum Gasteiger partial charge on any atom is 0.229 e. The molecular formula is C19H20N6. The molecule has 5 rings (SSSR count). The van der Waals surface area contributed by atoms with Crippen LogP contribution in [0.5, 0.6) is 0 Å². The predicted octanol–water partition coefficient (Wildman–Crippen LogP) is 4.47. The average molecular weight is 332 g/mol. The predicted molar refractivity (Wildman–Crippen MR) is 99.1 cm³/mol. The summed E-state index contributed by atoms with van der Waals surface area (Å²) in [6, 6.07) is 8.83. The van der Waals surface area contributed by atoms with Crippen molar-refractivity contribution in [1.82, 2.24) is 24.7 Å². The average Bonchev–Trinajstić information content (AvgIpc) is 3.32. The van der Waals surface area contributed by atoms with Gasteiger partial charge in [0.05, 0.1) is 11.7 Å². The molecule has 1 fully saturated rings. The van der Waals surface area contributed by atoms with Crippen LogP contribution in [0.25, 0.3) is 21.9 Å². The van der Waals surface area contributed by atoms with E-state index in [1.165, 1.54) is 31.4 Å². The molecular weight excluding hydrogens is 312 g/mol. The van der Waals surface area contributed by atoms with E-state index in [0.717, 1.165) is 27.6 Å². The molecule has 3 heterocycles. The van der Waals surface area contributed by atoms with E-state index in [4.69, 9.17) is 4.98 Å². The molecule has 4 aromatic rings. The molecule has 1 saturated carbocycles. The lowest BCUT2D eigenvalue weighted by Crippen LogP contribution is -2.08. The first-order chi connectivity index (χ1) is 12.3. The van der Waals surface area contributed by atoms with E-state index >= 15 is 0 Å². The maximum absolute atomic E-state index is 4.82. The molecule has 0 radical (unpaired) electrons. The van der Waals surface area contributed by atoms with E-state index in [0.29, 0.717) is 12.0 Å². The van der Waals surface area contributed by atoms with E-state index < -0.39 is 0 Å². The highest BCUT2D eigenvalue weighted by Crippen LogP contribution is 2.34. The molecule has 0 unspecified atom stereocenters. The molecule has 0 atom stereocenters. The van der Waals surface area contributed by atoms with Crippen molar-refractivity contribution in [3.05, 3.63) is 42.4 Å². The minimum absolute atomic E-state index is 0.572. The Hall–Kier alpha value is -2.89. The lowest BCUT2D eigenvalue weighted by Gasteiger charge is -2.15. The number of anilines is 2. The third-order valence-corrected chi connectivity index (χ3v) is 5.15. The number of hydrogen-bond acceptors (Lipinski definition) is 4. The summed E-state index contributed by atoms with van der Waals surface area (Å²) in [7, 11) is 0. The van der Waals surface area contributed by atoms with Crippen LogP contribution in [0.1, 0.15) is 37.4 Å². The minimum Gasteiger partial charge on any atom is -0.327 e. The molecule has 0 aliphatic heterocycles. The van der Waals surface area contributed by atoms with Crippen LogP contribution in [0.3, 0.4) is 0 Å². The zero-order chi connectivity index (χ0) is 16.8. The van der Waals surface area contributed by atoms with Gasteiger partial charge in [-0.15, -0.1) is 0 Å². The molecule has 1 aliphatic rings. The van der Waals surface area contributed by atoms with E-state index in [-0.39, 0.29) is 0 Å². The van der Waals surface area contributed by atoms with Crippen LogP contribution in [0, 0.1) is 6.92 Å². The fourth-order valence-corrected chi connectivity index (χ4v) is 3.97. The van der Waals surface area contributed by atoms with Crippen LogP contribution in [0.2, 0.25) is 0 Å². The highest BCUT2D eigenvalue weighted by atomic mass is 15.2. The first-order valence-electron chi connectivity index (χ1n) is 8.83. The topological polar surface area (TPSA) is 71.4 Å². The summed E-state index contributed by atoms with van der Waals surface area (Å²) in [6.45, 7) is 2.17. The number of H-pyrrole nitrogens is 1. The Bertz CT molecular complexity index is 1050. The molecule has 0 saturated heterocycles. The fraction of sp³-hybridized carbons (Fsp3) is 0.316. The molecule has 1 aliphatic carbocycles. The lowest BCUT2D eigenvalue weighted by atomic mass is 10.2. The minimum atomic E-state index is 0.572. The molecule has 1 aromatic carbocycles. The smallest absolute Gasteiger partial charge is 0.229 e. The summed E-state index contributed by atoms with van der Waals surface area (Å²) in [5.74, 6) is 0.632. The zero-order valence-electron chi connectivity index (χ0n) is 14.2. The number of aryl methyl sites for hydroxylation is 1. The number of aromatic nitrogens is 5. The third-order valence-electron chi connectivity index (χ3n) is 5.15. The SMILES string of the molecule is Cc1cc2cnc(Nc3ccc4[nH]ncc4c3)nc2n1C1CCCC1. The second-order valence-electron chi connectivity index (χ2n) is 6.86. The van der Waals surface area contributed by atoms with Crippen LogP contribution in [-0.2, 0) is 0 Å². The molecule has 0 amide bonds. The third kappa shape index (κ3) is 2.45. The Morgan fingerprint density at radius 1 is 1.12 bits per heavy atom. The van der Waals surface area contributed by atoms with Crippen molar-refractivity contribution < 1.29 is 0 Å². The van der Waals surface area contributed by atoms with Crippen molar-refractivity contribution in [2.24, 2.45) is 0 Å². The standard InChI is InChI=1S/C19H20N6/c1-12-8-14-10-20-19(23-18(14)25(12)16-4-2-3-5-16)22-15-6-7-17-13(9-15)11-21-24-17/h6-11,16H,2-5H2,1H3,(H,21,24)(H,20,22,23). The van der Waals surface area contributed by atoms with Crippen molar-refractivity contribution in [1.29, 1.82) is 0 Å². The summed E-state index contributed by atoms with van der Waals surface area (Å²) in [5, 5.41) is 12.5. The van der Waals surface area contributed by atoms with Crippen molar-refractivity contribution in [3.63, 3.8) is 0 Å². The molecule has 6 heteroatoms. The zero-order valence-corrected chi connectivity index (χ0v) is 14.2. The molecule has 3 aromatic heterocycles. The van der Waals surface area contributed by atoms with Crippen LogP contribution in [-0.4, -0.2) is 24.7 Å². The van der Waals surface area contributed by atoms with Gasteiger partial charge in [0.15, 0.2) is 0 Å². The second kappa shape index (κ2) is 5.58. The highest BCUT2D eigenvalue weighted by Gasteiger charge is 2.21. The van der Waals surface area contributed by atoms with Gasteiger partial charge in [-0.2, -0.15) is 10.1 Å². The molecule has 126 valence electrons. The Morgan fingerprint density at radius 3 is 2.88 bits per heavy atom. The van der Waals surface area contributed by atoms with Gasteiger partial charge in [0.25, 0.3) is 0 Å². The van der Waals surface area contributed by atoms with Crippen molar-refractivity contribution in [2.75, 3.05) is 5.32 Å². The number of nitrogens with one attached hydrogen (secondary N) is 2. The quantitative estimate of drug-likeness (QED) is 0.580. The molecule has 2 N–H and O–H groups in total. The molecule has 0 bridgehead atoms. The molecule has 0 spiro atoms. The summed E-state index contributed by atoms with van der Waals surface area (Å²) >= 11 is 0. The fourth-order valence-electron chi connectivity index (χ4n) is 3.97. The van der Waals surface area contributed by atoms with Gasteiger partial charge in [-0.25, -0.2) is 4.98 Å². The number of nitrogens with zero attached hydrogens (tertiary/aromatic N) is 4. The Morgan fingerprint density at radius 2 is 2.00 bits per heavy atom. The molecule has 25 heavy (non-hydrogen) atoms. The van der Waals surface area contributed by atoms with E-state index in [9.17, 15) is 0 Å². The van der Waals surface area contributed by atoms with Crippen LogP contribution < -0.4 is 5.32 Å². The van der Waals surface area contributed by atoms with Gasteiger partial charge in [-0.1, -0.05) is 12.8 Å². The summed E-state index contributed by atoms with van der Waals surface area (Å²) in [5.41, 5.74) is 4.29. The Balaban J connectivity index is 1.53. The van der Waals surface area contributed by atoms with Gasteiger partial charge in [0.1, 0.15) is 5.65 Å². The van der Waals surface area contributed by atoms with Crippen molar-refractivity contribution in [3.8, 4) is 0 Å². The number of aromatic amines is 1. The first kappa shape index (κ1) is 14.5. The van der Waals surface area contributed by atoms with Crippen molar-refractivity contribution >= 4 is 33.6 Å². The summed E-state index contributed by atoms with van der Waals surface area (Å²) in [6.07, 6.45) is 8.84. The second-order valence-corrected chi connectivity index (χ2v) is 6.86.